The number of anilines is 2. The molecule has 0 atom stereocenters. The monoisotopic (exact) mass is 794 g/mol. The fraction of sp³-hybridized carbons (Fsp3) is 0.450. The van der Waals surface area contributed by atoms with Gasteiger partial charge in [0.2, 0.25) is 17.9 Å². The summed E-state index contributed by atoms with van der Waals surface area (Å²) in [4.78, 5) is 61.3. The number of aliphatic imine (C=N–C) groups is 1. The highest BCUT2D eigenvalue weighted by atomic mass is 35.5. The van der Waals surface area contributed by atoms with Gasteiger partial charge >= 0.3 is 0 Å². The Morgan fingerprint density at radius 1 is 0.909 bits per heavy atom. The lowest BCUT2D eigenvalue weighted by molar-refractivity contribution is -0.132. The first-order valence-electron chi connectivity index (χ1n) is 18.4. The molecule has 3 aromatic carbocycles. The summed E-state index contributed by atoms with van der Waals surface area (Å²) in [6.45, 7) is 9.46. The van der Waals surface area contributed by atoms with Crippen molar-refractivity contribution >= 4 is 71.1 Å². The number of methoxy groups -OCH3 is 1. The first kappa shape index (κ1) is 43.1. The van der Waals surface area contributed by atoms with Gasteiger partial charge in [-0.3, -0.25) is 9.59 Å². The number of aromatic amines is 1. The van der Waals surface area contributed by atoms with E-state index in [0.717, 1.165) is 99.7 Å². The number of ether oxygens (including phenoxy) is 2. The predicted molar refractivity (Wildman–Crippen MR) is 222 cm³/mol. The summed E-state index contributed by atoms with van der Waals surface area (Å²) in [5.41, 5.74) is 4.88. The molecule has 2 saturated heterocycles. The van der Waals surface area contributed by atoms with E-state index in [1.165, 1.54) is 12.0 Å². The molecule has 0 saturated carbocycles. The minimum absolute atomic E-state index is 0. The number of nitrogens with zero attached hydrogens (tertiary/aromatic N) is 7. The van der Waals surface area contributed by atoms with Crippen LogP contribution in [0.2, 0.25) is 0 Å². The molecule has 6 rings (SSSR count). The maximum Gasteiger partial charge on any atom is 0.260 e. The molecule has 0 aliphatic carbocycles. The Labute approximate surface area is 335 Å². The van der Waals surface area contributed by atoms with E-state index in [-0.39, 0.29) is 47.7 Å². The van der Waals surface area contributed by atoms with Crippen molar-refractivity contribution in [3.8, 4) is 22.6 Å². The lowest BCUT2D eigenvalue weighted by Gasteiger charge is -2.32. The zero-order valence-corrected chi connectivity index (χ0v) is 33.9. The molecule has 55 heavy (non-hydrogen) atoms. The van der Waals surface area contributed by atoms with Crippen LogP contribution in [0.4, 0.5) is 17.3 Å². The number of benzene rings is 3. The van der Waals surface area contributed by atoms with E-state index in [0.29, 0.717) is 30.0 Å². The zero-order valence-electron chi connectivity index (χ0n) is 32.3. The van der Waals surface area contributed by atoms with Gasteiger partial charge in [0.25, 0.3) is 5.91 Å². The molecule has 1 N–H and O–H groups in total. The van der Waals surface area contributed by atoms with Gasteiger partial charge in [-0.1, -0.05) is 18.2 Å². The molecule has 2 amide bonds. The molecular formula is C40H52Cl2N8O5. The number of carbonyl (C=O) groups is 2. The molecule has 2 fully saturated rings. The molecule has 13 nitrogen and oxygen atoms in total. The summed E-state index contributed by atoms with van der Waals surface area (Å²) in [7, 11) is 7.36. The fourth-order valence-electron chi connectivity index (χ4n) is 6.98. The van der Waals surface area contributed by atoms with Crippen molar-refractivity contribution in [1.29, 1.82) is 0 Å². The van der Waals surface area contributed by atoms with Gasteiger partial charge in [-0.25, -0.2) is 9.78 Å². The number of isocyanates is 1. The zero-order chi connectivity index (χ0) is 37.5. The summed E-state index contributed by atoms with van der Waals surface area (Å²) < 4.78 is 12.1. The summed E-state index contributed by atoms with van der Waals surface area (Å²) in [5, 5.41) is 0. The average Bonchev–Trinajstić information content (AvgIpc) is 3.61. The molecule has 2 aliphatic rings. The number of para-hydroxylation sites is 1. The first-order valence-corrected chi connectivity index (χ1v) is 18.4. The van der Waals surface area contributed by atoms with Gasteiger partial charge in [0.15, 0.2) is 5.75 Å². The van der Waals surface area contributed by atoms with Gasteiger partial charge in [0.05, 0.1) is 36.0 Å². The average molecular weight is 796 g/mol. The van der Waals surface area contributed by atoms with Gasteiger partial charge in [-0.05, 0) is 76.2 Å². The van der Waals surface area contributed by atoms with Crippen LogP contribution in [0.3, 0.4) is 0 Å². The van der Waals surface area contributed by atoms with E-state index in [1.807, 2.05) is 54.3 Å². The highest BCUT2D eigenvalue weighted by Gasteiger charge is 2.26. The lowest BCUT2D eigenvalue weighted by atomic mass is 9.98. The number of nitrogens with one attached hydrogen (secondary N) is 1. The smallest absolute Gasteiger partial charge is 0.260 e. The minimum atomic E-state index is -0.393. The molecule has 0 spiro atoms. The first-order chi connectivity index (χ1) is 25.7. The lowest BCUT2D eigenvalue weighted by Crippen LogP contribution is -2.47. The Morgan fingerprint density at radius 3 is 2.31 bits per heavy atom. The third-order valence-corrected chi connectivity index (χ3v) is 10.2. The fourth-order valence-corrected chi connectivity index (χ4v) is 6.98. The van der Waals surface area contributed by atoms with E-state index < -0.39 is 5.91 Å². The van der Waals surface area contributed by atoms with Gasteiger partial charge in [-0.15, -0.1) is 24.8 Å². The van der Waals surface area contributed by atoms with Crippen LogP contribution in [-0.4, -0.2) is 130 Å². The second-order valence-electron chi connectivity index (χ2n) is 14.0. The van der Waals surface area contributed by atoms with Crippen molar-refractivity contribution in [2.45, 2.75) is 32.6 Å². The van der Waals surface area contributed by atoms with Crippen LogP contribution < -0.4 is 19.3 Å². The van der Waals surface area contributed by atoms with Crippen LogP contribution >= 0.6 is 24.8 Å². The second kappa shape index (κ2) is 19.8. The van der Waals surface area contributed by atoms with E-state index in [1.54, 1.807) is 19.2 Å². The molecule has 0 radical (unpaired) electrons. The van der Waals surface area contributed by atoms with E-state index in [9.17, 15) is 14.4 Å². The molecule has 1 aromatic heterocycles. The molecule has 2 aliphatic heterocycles. The van der Waals surface area contributed by atoms with Crippen molar-refractivity contribution in [2.24, 2.45) is 4.99 Å². The van der Waals surface area contributed by atoms with E-state index in [4.69, 9.17) is 14.5 Å². The number of halogens is 2. The number of likely N-dealkylation sites (N-methyl/N-ethyl adjacent to an activating group) is 2. The van der Waals surface area contributed by atoms with Crippen LogP contribution in [0.25, 0.3) is 22.2 Å². The van der Waals surface area contributed by atoms with Crippen molar-refractivity contribution in [1.82, 2.24) is 24.7 Å². The van der Waals surface area contributed by atoms with E-state index >= 15 is 0 Å². The Morgan fingerprint density at radius 2 is 1.62 bits per heavy atom. The highest BCUT2D eigenvalue weighted by Crippen LogP contribution is 2.44. The quantitative estimate of drug-likeness (QED) is 0.0971. The van der Waals surface area contributed by atoms with E-state index in [2.05, 4.69) is 38.8 Å². The number of fused-ring (bicyclic) bond motifs is 1. The van der Waals surface area contributed by atoms with Crippen molar-refractivity contribution < 1.29 is 23.9 Å². The van der Waals surface area contributed by atoms with Crippen LogP contribution in [0.15, 0.2) is 53.5 Å². The second-order valence-corrected chi connectivity index (χ2v) is 14.0. The Hall–Kier alpha value is -4.65. The SMILES string of the molecule is COc1c(-c2cccc3[nH]c(N4CCN(C)CC4)nc23)ccc(C(=O)N(C)c2ccc(C)cc2OCCCCCC(=O)N2CCN(C)CC2)c1N=C=O.Cl.Cl. The number of rotatable bonds is 13. The third kappa shape index (κ3) is 9.97. The minimum Gasteiger partial charge on any atom is -0.494 e. The molecule has 15 heteroatoms. The number of H-pyrrole nitrogens is 1. The highest BCUT2D eigenvalue weighted by molar-refractivity contribution is 6.11. The topological polar surface area (TPSA) is 127 Å². The van der Waals surface area contributed by atoms with Crippen LogP contribution in [0.5, 0.6) is 11.5 Å². The summed E-state index contributed by atoms with van der Waals surface area (Å²) >= 11 is 0. The largest absolute Gasteiger partial charge is 0.494 e. The van der Waals surface area contributed by atoms with Gasteiger partial charge < -0.3 is 39.0 Å². The number of piperazine rings is 2. The molecule has 0 bridgehead atoms. The Kier molecular flexibility index (Phi) is 15.5. The van der Waals surface area contributed by atoms with Gasteiger partial charge in [0.1, 0.15) is 11.4 Å². The number of hydrogen-bond donors (Lipinski definition) is 1. The third-order valence-electron chi connectivity index (χ3n) is 10.2. The molecule has 4 aromatic rings. The van der Waals surface area contributed by atoms with Crippen LogP contribution in [0.1, 0.15) is 41.6 Å². The number of imidazole rings is 1. The predicted octanol–water partition coefficient (Wildman–Crippen LogP) is 6.10. The standard InChI is InChI=1S/C40H50N8O5.2ClH/c1-28-13-16-33(34(26-28)53-25-8-6-7-12-35(50)47-21-17-44(2)18-22-47)46(4)39(51)31-15-14-30(38(52-5)37(31)41-27-49)29-10-9-11-32-36(29)43-40(42-32)48-23-19-45(3)20-24-48;;/h9-11,13-16,26H,6-8,12,17-25H2,1-5H3,(H,42,43);2*1H. The van der Waals surface area contributed by atoms with Crippen molar-refractivity contribution in [2.75, 3.05) is 97.0 Å². The maximum atomic E-state index is 14.2. The maximum absolute atomic E-state index is 14.2. The Bertz CT molecular complexity index is 1990. The summed E-state index contributed by atoms with van der Waals surface area (Å²) in [6.07, 6.45) is 4.61. The number of aryl methyl sites for hydroxylation is 1. The number of amides is 2. The van der Waals surface area contributed by atoms with Crippen molar-refractivity contribution in [3.63, 3.8) is 0 Å². The number of carbonyl (C=O) groups excluding carboxylic acids is 3. The number of hydrogen-bond acceptors (Lipinski definition) is 10. The summed E-state index contributed by atoms with van der Waals surface area (Å²) in [5.74, 6) is 1.47. The van der Waals surface area contributed by atoms with Gasteiger partial charge in [0, 0.05) is 77.0 Å². The summed E-state index contributed by atoms with van der Waals surface area (Å²) in [6, 6.07) is 15.0. The number of aromatic nitrogens is 2. The molecule has 3 heterocycles. The van der Waals surface area contributed by atoms with Gasteiger partial charge in [-0.2, -0.15) is 4.99 Å². The normalized spacial score (nSPS) is 14.8. The molecular weight excluding hydrogens is 743 g/mol. The molecule has 296 valence electrons. The Balaban J connectivity index is 0.00000336. The van der Waals surface area contributed by atoms with Crippen LogP contribution in [-0.2, 0) is 9.59 Å². The van der Waals surface area contributed by atoms with Crippen LogP contribution in [0, 0.1) is 6.92 Å². The molecule has 0 unspecified atom stereocenters. The van der Waals surface area contributed by atoms with Crippen molar-refractivity contribution in [3.05, 3.63) is 59.7 Å². The number of unbranched alkanes of at least 4 members (excludes halogenated alkanes) is 2.